The van der Waals surface area contributed by atoms with E-state index < -0.39 is 18.1 Å². The van der Waals surface area contributed by atoms with E-state index >= 15 is 0 Å². The Labute approximate surface area is 188 Å². The SMILES string of the molecule is O=C(NC(CCSCc1nccs1)C(=O)O)OCC1c2ccccc2-c2ccccc21. The van der Waals surface area contributed by atoms with Crippen molar-refractivity contribution in [2.75, 3.05) is 12.4 Å². The number of amides is 1. The van der Waals surface area contributed by atoms with Crippen LogP contribution in [-0.4, -0.2) is 40.6 Å². The maximum Gasteiger partial charge on any atom is 0.407 e. The van der Waals surface area contributed by atoms with Crippen LogP contribution in [0.5, 0.6) is 0 Å². The standard InChI is InChI=1S/C23H22N2O4S2/c26-22(27)20(9-11-30-14-21-24-10-12-31-21)25-23(28)29-13-19-17-7-3-1-5-15(17)16-6-2-4-8-18(16)19/h1-8,10,12,19-20H,9,11,13-14H2,(H,25,28)(H,26,27). The average Bonchev–Trinajstić information content (AvgIpc) is 3.40. The predicted octanol–water partition coefficient (Wildman–Crippen LogP) is 4.76. The van der Waals surface area contributed by atoms with Crippen molar-refractivity contribution < 1.29 is 19.4 Å². The van der Waals surface area contributed by atoms with E-state index in [-0.39, 0.29) is 12.5 Å². The van der Waals surface area contributed by atoms with Crippen LogP contribution in [0.1, 0.15) is 28.5 Å². The molecule has 0 saturated heterocycles. The molecule has 1 unspecified atom stereocenters. The topological polar surface area (TPSA) is 88.5 Å². The quantitative estimate of drug-likeness (QED) is 0.453. The molecule has 1 amide bonds. The predicted molar refractivity (Wildman–Crippen MR) is 123 cm³/mol. The van der Waals surface area contributed by atoms with Crippen molar-refractivity contribution in [2.45, 2.75) is 24.1 Å². The van der Waals surface area contributed by atoms with Gasteiger partial charge in [0.1, 0.15) is 17.7 Å². The van der Waals surface area contributed by atoms with Gasteiger partial charge in [0.25, 0.3) is 0 Å². The number of carbonyl (C=O) groups is 2. The van der Waals surface area contributed by atoms with Crippen LogP contribution in [0.2, 0.25) is 0 Å². The highest BCUT2D eigenvalue weighted by molar-refractivity contribution is 7.98. The molecule has 4 rings (SSSR count). The maximum atomic E-state index is 12.3. The number of aliphatic carboxylic acids is 1. The molecule has 0 aliphatic heterocycles. The molecule has 0 bridgehead atoms. The molecule has 8 heteroatoms. The number of alkyl carbamates (subject to hydrolysis) is 1. The zero-order valence-corrected chi connectivity index (χ0v) is 18.3. The summed E-state index contributed by atoms with van der Waals surface area (Å²) in [6.07, 6.45) is 1.36. The van der Waals surface area contributed by atoms with Crippen molar-refractivity contribution in [3.05, 3.63) is 76.2 Å². The number of benzene rings is 2. The molecular formula is C23H22N2O4S2. The second kappa shape index (κ2) is 9.98. The number of thiazole rings is 1. The number of hydrogen-bond donors (Lipinski definition) is 2. The first-order valence-corrected chi connectivity index (χ1v) is 12.0. The fourth-order valence-electron chi connectivity index (χ4n) is 3.72. The zero-order chi connectivity index (χ0) is 21.6. The van der Waals surface area contributed by atoms with E-state index in [9.17, 15) is 14.7 Å². The molecule has 2 N–H and O–H groups in total. The minimum Gasteiger partial charge on any atom is -0.480 e. The number of carbonyl (C=O) groups excluding carboxylic acids is 1. The number of nitrogens with zero attached hydrogens (tertiary/aromatic N) is 1. The fourth-order valence-corrected chi connectivity index (χ4v) is 5.44. The van der Waals surface area contributed by atoms with Crippen molar-refractivity contribution in [1.29, 1.82) is 0 Å². The molecule has 1 aliphatic carbocycles. The summed E-state index contributed by atoms with van der Waals surface area (Å²) in [4.78, 5) is 28.1. The van der Waals surface area contributed by atoms with Gasteiger partial charge in [0.2, 0.25) is 0 Å². The van der Waals surface area contributed by atoms with Gasteiger partial charge in [-0.15, -0.1) is 11.3 Å². The van der Waals surface area contributed by atoms with Crippen molar-refractivity contribution >= 4 is 35.2 Å². The van der Waals surface area contributed by atoms with Crippen LogP contribution in [-0.2, 0) is 15.3 Å². The van der Waals surface area contributed by atoms with Gasteiger partial charge in [0, 0.05) is 23.2 Å². The lowest BCUT2D eigenvalue weighted by atomic mass is 9.98. The summed E-state index contributed by atoms with van der Waals surface area (Å²) in [5.41, 5.74) is 4.52. The number of rotatable bonds is 9. The molecule has 0 spiro atoms. The Morgan fingerprint density at radius 1 is 1.13 bits per heavy atom. The van der Waals surface area contributed by atoms with Crippen LogP contribution in [0.3, 0.4) is 0 Å². The van der Waals surface area contributed by atoms with Gasteiger partial charge in [-0.1, -0.05) is 48.5 Å². The van der Waals surface area contributed by atoms with Crippen LogP contribution >= 0.6 is 23.1 Å². The molecule has 160 valence electrons. The summed E-state index contributed by atoms with van der Waals surface area (Å²) in [7, 11) is 0. The number of fused-ring (bicyclic) bond motifs is 3. The van der Waals surface area contributed by atoms with Gasteiger partial charge in [-0.3, -0.25) is 0 Å². The highest BCUT2D eigenvalue weighted by Crippen LogP contribution is 2.44. The van der Waals surface area contributed by atoms with Crippen molar-refractivity contribution in [3.8, 4) is 11.1 Å². The number of hydrogen-bond acceptors (Lipinski definition) is 6. The van der Waals surface area contributed by atoms with Gasteiger partial charge in [0.05, 0.1) is 0 Å². The van der Waals surface area contributed by atoms with Crippen molar-refractivity contribution in [3.63, 3.8) is 0 Å². The summed E-state index contributed by atoms with van der Waals surface area (Å²) in [6, 6.07) is 15.2. The summed E-state index contributed by atoms with van der Waals surface area (Å²) < 4.78 is 5.46. The fraction of sp³-hybridized carbons (Fsp3) is 0.261. The van der Waals surface area contributed by atoms with E-state index in [2.05, 4.69) is 22.4 Å². The number of carboxylic acids is 1. The number of thioether (sulfide) groups is 1. The monoisotopic (exact) mass is 454 g/mol. The summed E-state index contributed by atoms with van der Waals surface area (Å²) in [5.74, 6) is 0.202. The van der Waals surface area contributed by atoms with Gasteiger partial charge in [-0.2, -0.15) is 11.8 Å². The first-order chi connectivity index (χ1) is 15.1. The molecule has 0 fully saturated rings. The Hall–Kier alpha value is -2.84. The lowest BCUT2D eigenvalue weighted by molar-refractivity contribution is -0.139. The number of carboxylic acid groups (broad SMARTS) is 1. The molecule has 1 aromatic heterocycles. The maximum absolute atomic E-state index is 12.3. The number of nitrogens with one attached hydrogen (secondary N) is 1. The Morgan fingerprint density at radius 3 is 2.42 bits per heavy atom. The Balaban J connectivity index is 1.31. The number of aromatic nitrogens is 1. The van der Waals surface area contributed by atoms with Crippen LogP contribution in [0, 0.1) is 0 Å². The van der Waals surface area contributed by atoms with E-state index in [0.717, 1.165) is 33.0 Å². The Morgan fingerprint density at radius 2 is 1.81 bits per heavy atom. The second-order valence-corrected chi connectivity index (χ2v) is 9.21. The molecule has 0 radical (unpaired) electrons. The Bertz CT molecular complexity index is 1010. The van der Waals surface area contributed by atoms with Gasteiger partial charge in [-0.05, 0) is 34.4 Å². The molecule has 1 atom stereocenters. The molecule has 1 heterocycles. The third-order valence-electron chi connectivity index (χ3n) is 5.19. The van der Waals surface area contributed by atoms with E-state index in [4.69, 9.17) is 4.74 Å². The normalized spacial score (nSPS) is 13.3. The summed E-state index contributed by atoms with van der Waals surface area (Å²) in [5, 5.41) is 14.9. The largest absolute Gasteiger partial charge is 0.480 e. The summed E-state index contributed by atoms with van der Waals surface area (Å²) >= 11 is 3.16. The van der Waals surface area contributed by atoms with Gasteiger partial charge < -0.3 is 15.2 Å². The minimum absolute atomic E-state index is 0.0599. The molecule has 2 aromatic carbocycles. The lowest BCUT2D eigenvalue weighted by Gasteiger charge is -2.17. The molecule has 31 heavy (non-hydrogen) atoms. The third-order valence-corrected chi connectivity index (χ3v) is 7.16. The molecule has 1 aliphatic rings. The lowest BCUT2D eigenvalue weighted by Crippen LogP contribution is -2.41. The van der Waals surface area contributed by atoms with Crippen LogP contribution in [0.25, 0.3) is 11.1 Å². The first-order valence-electron chi connectivity index (χ1n) is 9.94. The zero-order valence-electron chi connectivity index (χ0n) is 16.7. The summed E-state index contributed by atoms with van der Waals surface area (Å²) in [6.45, 7) is 0.158. The van der Waals surface area contributed by atoms with Gasteiger partial charge in [-0.25, -0.2) is 14.6 Å². The van der Waals surface area contributed by atoms with E-state index in [1.54, 1.807) is 29.3 Å². The van der Waals surface area contributed by atoms with Crippen LogP contribution < -0.4 is 5.32 Å². The third kappa shape index (κ3) is 5.08. The molecular weight excluding hydrogens is 432 g/mol. The molecule has 0 saturated carbocycles. The highest BCUT2D eigenvalue weighted by Gasteiger charge is 2.29. The molecule has 3 aromatic rings. The molecule has 6 nitrogen and oxygen atoms in total. The number of ether oxygens (including phenoxy) is 1. The second-order valence-electron chi connectivity index (χ2n) is 7.13. The van der Waals surface area contributed by atoms with E-state index in [0.29, 0.717) is 12.2 Å². The average molecular weight is 455 g/mol. The first kappa shape index (κ1) is 21.4. The van der Waals surface area contributed by atoms with Crippen LogP contribution in [0.15, 0.2) is 60.1 Å². The van der Waals surface area contributed by atoms with Gasteiger partial charge >= 0.3 is 12.1 Å². The smallest absolute Gasteiger partial charge is 0.407 e. The van der Waals surface area contributed by atoms with Crippen molar-refractivity contribution in [2.24, 2.45) is 0 Å². The highest BCUT2D eigenvalue weighted by atomic mass is 32.2. The van der Waals surface area contributed by atoms with Crippen molar-refractivity contribution in [1.82, 2.24) is 10.3 Å². The minimum atomic E-state index is -1.07. The van der Waals surface area contributed by atoms with E-state index in [1.165, 1.54) is 0 Å². The van der Waals surface area contributed by atoms with Crippen LogP contribution in [0.4, 0.5) is 4.79 Å². The van der Waals surface area contributed by atoms with E-state index in [1.807, 2.05) is 41.8 Å². The Kier molecular flexibility index (Phi) is 6.89. The van der Waals surface area contributed by atoms with Gasteiger partial charge in [0.15, 0.2) is 0 Å².